The summed E-state index contributed by atoms with van der Waals surface area (Å²) in [5.74, 6) is 0.659. The number of carbonyl (C=O) groups excluding carboxylic acids is 1. The van der Waals surface area contributed by atoms with Crippen molar-refractivity contribution in [3.05, 3.63) is 16.6 Å². The van der Waals surface area contributed by atoms with E-state index >= 15 is 0 Å². The number of hydrogen-bond donors (Lipinski definition) is 0. The zero-order chi connectivity index (χ0) is 16.4. The number of hydrogen-bond acceptors (Lipinski definition) is 5. The van der Waals surface area contributed by atoms with E-state index in [1.165, 1.54) is 15.6 Å². The third-order valence-corrected chi connectivity index (χ3v) is 7.12. The highest BCUT2D eigenvalue weighted by molar-refractivity contribution is 7.88. The molecule has 128 valence electrons. The van der Waals surface area contributed by atoms with Gasteiger partial charge in [0.1, 0.15) is 0 Å². The van der Waals surface area contributed by atoms with E-state index in [0.717, 1.165) is 25.9 Å². The second-order valence-corrected chi connectivity index (χ2v) is 9.31. The average Bonchev–Trinajstić information content (AvgIpc) is 3.08. The molecule has 1 aromatic rings. The number of thiazole rings is 1. The summed E-state index contributed by atoms with van der Waals surface area (Å²) in [7, 11) is -3.13. The van der Waals surface area contributed by atoms with E-state index in [-0.39, 0.29) is 11.8 Å². The van der Waals surface area contributed by atoms with Crippen molar-refractivity contribution < 1.29 is 13.2 Å². The van der Waals surface area contributed by atoms with Crippen LogP contribution >= 0.6 is 11.3 Å². The Hall–Kier alpha value is -0.990. The fraction of sp³-hybridized carbons (Fsp3) is 0.733. The van der Waals surface area contributed by atoms with Crippen LogP contribution < -0.4 is 0 Å². The van der Waals surface area contributed by atoms with E-state index < -0.39 is 10.0 Å². The summed E-state index contributed by atoms with van der Waals surface area (Å²) in [6, 6.07) is 0. The lowest BCUT2D eigenvalue weighted by atomic mass is 9.93. The topological polar surface area (TPSA) is 70.6 Å². The van der Waals surface area contributed by atoms with Gasteiger partial charge in [0.2, 0.25) is 15.9 Å². The summed E-state index contributed by atoms with van der Waals surface area (Å²) in [6.07, 6.45) is 6.30. The van der Waals surface area contributed by atoms with Gasteiger partial charge in [-0.2, -0.15) is 0 Å². The molecule has 1 amide bonds. The summed E-state index contributed by atoms with van der Waals surface area (Å²) < 4.78 is 24.6. The summed E-state index contributed by atoms with van der Waals surface area (Å²) in [6.45, 7) is 2.50. The molecule has 3 heterocycles. The van der Waals surface area contributed by atoms with Crippen LogP contribution in [0.15, 0.2) is 11.6 Å². The predicted octanol–water partition coefficient (Wildman–Crippen LogP) is 1.52. The van der Waals surface area contributed by atoms with Gasteiger partial charge in [0, 0.05) is 49.6 Å². The molecule has 0 radical (unpaired) electrons. The maximum Gasteiger partial charge on any atom is 0.225 e. The SMILES string of the molecule is CS(=O)(=O)N1CCC(C(=O)N2CCC(c3nccs3)CC2)CC1. The van der Waals surface area contributed by atoms with E-state index in [0.29, 0.717) is 31.8 Å². The van der Waals surface area contributed by atoms with Crippen LogP contribution in [0.2, 0.25) is 0 Å². The van der Waals surface area contributed by atoms with Crippen molar-refractivity contribution in [2.45, 2.75) is 31.6 Å². The van der Waals surface area contributed by atoms with E-state index in [2.05, 4.69) is 4.98 Å². The van der Waals surface area contributed by atoms with E-state index in [9.17, 15) is 13.2 Å². The van der Waals surface area contributed by atoms with E-state index in [1.807, 2.05) is 16.5 Å². The minimum Gasteiger partial charge on any atom is -0.342 e. The Bertz CT molecular complexity index is 629. The number of amides is 1. The zero-order valence-electron chi connectivity index (χ0n) is 13.3. The summed E-state index contributed by atoms with van der Waals surface area (Å²) in [4.78, 5) is 19.0. The first-order chi connectivity index (χ1) is 10.9. The van der Waals surface area contributed by atoms with Gasteiger partial charge in [0.25, 0.3) is 0 Å². The first kappa shape index (κ1) is 16.9. The van der Waals surface area contributed by atoms with Crippen molar-refractivity contribution in [3.8, 4) is 0 Å². The molecule has 2 saturated heterocycles. The quantitative estimate of drug-likeness (QED) is 0.822. The Morgan fingerprint density at radius 1 is 1.17 bits per heavy atom. The average molecular weight is 358 g/mol. The molecule has 2 aliphatic heterocycles. The van der Waals surface area contributed by atoms with Crippen molar-refractivity contribution in [2.75, 3.05) is 32.4 Å². The van der Waals surface area contributed by atoms with Gasteiger partial charge >= 0.3 is 0 Å². The summed E-state index contributed by atoms with van der Waals surface area (Å²) in [5, 5.41) is 3.18. The Morgan fingerprint density at radius 3 is 2.35 bits per heavy atom. The summed E-state index contributed by atoms with van der Waals surface area (Å²) >= 11 is 1.69. The van der Waals surface area contributed by atoms with Crippen molar-refractivity contribution in [3.63, 3.8) is 0 Å². The molecule has 0 saturated carbocycles. The van der Waals surface area contributed by atoms with Gasteiger partial charge in [-0.1, -0.05) is 0 Å². The summed E-state index contributed by atoms with van der Waals surface area (Å²) in [5.41, 5.74) is 0. The van der Waals surface area contributed by atoms with Crippen LogP contribution in [0.5, 0.6) is 0 Å². The van der Waals surface area contributed by atoms with Crippen molar-refractivity contribution in [2.24, 2.45) is 5.92 Å². The van der Waals surface area contributed by atoms with Gasteiger partial charge in [-0.3, -0.25) is 4.79 Å². The molecule has 0 bridgehead atoms. The van der Waals surface area contributed by atoms with Crippen LogP contribution in [-0.2, 0) is 14.8 Å². The third-order valence-electron chi connectivity index (χ3n) is 4.88. The number of nitrogens with zero attached hydrogens (tertiary/aromatic N) is 3. The second-order valence-electron chi connectivity index (χ2n) is 6.41. The molecule has 0 spiro atoms. The van der Waals surface area contributed by atoms with Crippen molar-refractivity contribution in [1.82, 2.24) is 14.2 Å². The zero-order valence-corrected chi connectivity index (χ0v) is 15.0. The van der Waals surface area contributed by atoms with Gasteiger partial charge in [-0.15, -0.1) is 11.3 Å². The number of piperidine rings is 2. The van der Waals surface area contributed by atoms with Crippen molar-refractivity contribution in [1.29, 1.82) is 0 Å². The Kier molecular flexibility index (Phi) is 5.03. The molecule has 0 N–H and O–H groups in total. The molecule has 3 rings (SSSR count). The molecule has 0 aliphatic carbocycles. The fourth-order valence-electron chi connectivity index (χ4n) is 3.48. The maximum atomic E-state index is 12.6. The van der Waals surface area contributed by atoms with Gasteiger partial charge in [0.05, 0.1) is 11.3 Å². The lowest BCUT2D eigenvalue weighted by Gasteiger charge is -2.36. The van der Waals surface area contributed by atoms with Gasteiger partial charge in [-0.25, -0.2) is 17.7 Å². The van der Waals surface area contributed by atoms with Gasteiger partial charge < -0.3 is 4.90 Å². The predicted molar refractivity (Wildman–Crippen MR) is 89.8 cm³/mol. The standard InChI is InChI=1S/C15H23N3O3S2/c1-23(20,21)18-9-4-13(5-10-18)15(19)17-7-2-12(3-8-17)14-16-6-11-22-14/h6,11-13H,2-5,7-10H2,1H3. The molecule has 1 aromatic heterocycles. The van der Waals surface area contributed by atoms with Crippen LogP contribution in [0.1, 0.15) is 36.6 Å². The Balaban J connectivity index is 1.50. The highest BCUT2D eigenvalue weighted by atomic mass is 32.2. The molecular weight excluding hydrogens is 334 g/mol. The lowest BCUT2D eigenvalue weighted by molar-refractivity contribution is -0.137. The molecule has 6 nitrogen and oxygen atoms in total. The number of sulfonamides is 1. The fourth-order valence-corrected chi connectivity index (χ4v) is 5.16. The second kappa shape index (κ2) is 6.86. The van der Waals surface area contributed by atoms with Crippen LogP contribution in [0.4, 0.5) is 0 Å². The number of carbonyl (C=O) groups is 1. The molecule has 8 heteroatoms. The monoisotopic (exact) mass is 357 g/mol. The van der Waals surface area contributed by atoms with Crippen molar-refractivity contribution >= 4 is 27.3 Å². The van der Waals surface area contributed by atoms with E-state index in [4.69, 9.17) is 0 Å². The molecule has 2 fully saturated rings. The smallest absolute Gasteiger partial charge is 0.225 e. The number of rotatable bonds is 3. The lowest BCUT2D eigenvalue weighted by Crippen LogP contribution is -2.46. The maximum absolute atomic E-state index is 12.6. The highest BCUT2D eigenvalue weighted by Gasteiger charge is 2.33. The van der Waals surface area contributed by atoms with Gasteiger partial charge in [0.15, 0.2) is 0 Å². The highest BCUT2D eigenvalue weighted by Crippen LogP contribution is 2.31. The van der Waals surface area contributed by atoms with E-state index in [1.54, 1.807) is 11.3 Å². The molecular formula is C15H23N3O3S2. The molecule has 0 atom stereocenters. The molecule has 23 heavy (non-hydrogen) atoms. The minimum absolute atomic E-state index is 0.0237. The Labute approximate surface area is 141 Å². The first-order valence-corrected chi connectivity index (χ1v) is 10.8. The largest absolute Gasteiger partial charge is 0.342 e. The van der Waals surface area contributed by atoms with Crippen LogP contribution in [0.25, 0.3) is 0 Å². The number of likely N-dealkylation sites (tertiary alicyclic amines) is 1. The molecule has 2 aliphatic rings. The Morgan fingerprint density at radius 2 is 1.83 bits per heavy atom. The normalized spacial score (nSPS) is 22.4. The van der Waals surface area contributed by atoms with Crippen LogP contribution in [0.3, 0.4) is 0 Å². The molecule has 0 unspecified atom stereocenters. The van der Waals surface area contributed by atoms with Crippen LogP contribution in [0, 0.1) is 5.92 Å². The van der Waals surface area contributed by atoms with Gasteiger partial charge in [-0.05, 0) is 25.7 Å². The van der Waals surface area contributed by atoms with Crippen LogP contribution in [-0.4, -0.2) is 60.9 Å². The number of aromatic nitrogens is 1. The minimum atomic E-state index is -3.13. The third kappa shape index (κ3) is 3.92. The first-order valence-electron chi connectivity index (χ1n) is 8.08. The molecule has 0 aromatic carbocycles.